The number of hydrogen-bond acceptors (Lipinski definition) is 3. The Morgan fingerprint density at radius 1 is 1.88 bits per heavy atom. The summed E-state index contributed by atoms with van der Waals surface area (Å²) < 4.78 is 4.59. The number of thiol groups is 1. The molecular weight excluding hydrogens is 124 g/mol. The first-order chi connectivity index (χ1) is 3.68. The first-order valence-electron chi connectivity index (χ1n) is 2.53. The number of carbonyl (C=O) groups is 1. The molecule has 0 bridgehead atoms. The molecule has 0 fully saturated rings. The lowest BCUT2D eigenvalue weighted by atomic mass is 10.5. The molecule has 0 aliphatic heterocycles. The summed E-state index contributed by atoms with van der Waals surface area (Å²) in [7, 11) is 0. The Balaban J connectivity index is 3.33. The fraction of sp³-hybridized carbons (Fsp3) is 0.800. The van der Waals surface area contributed by atoms with Crippen molar-refractivity contribution in [2.75, 3.05) is 6.61 Å². The van der Waals surface area contributed by atoms with Gasteiger partial charge in [-0.25, -0.2) is 0 Å². The summed E-state index contributed by atoms with van der Waals surface area (Å²) in [5.74, 6) is -0.254. The molecule has 0 aliphatic carbocycles. The molecule has 0 heterocycles. The van der Waals surface area contributed by atoms with Crippen LogP contribution in [0.2, 0.25) is 0 Å². The predicted molar refractivity (Wildman–Crippen MR) is 35.1 cm³/mol. The Kier molecular flexibility index (Phi) is 3.69. The van der Waals surface area contributed by atoms with Gasteiger partial charge in [0.05, 0.1) is 11.9 Å². The van der Waals surface area contributed by atoms with E-state index in [4.69, 9.17) is 0 Å². The SMILES string of the molecule is CCOC(=O)[C@H](C)S. The number of carbonyl (C=O) groups excluding carboxylic acids is 1. The molecule has 0 aromatic rings. The van der Waals surface area contributed by atoms with Crippen molar-refractivity contribution in [3.63, 3.8) is 0 Å². The van der Waals surface area contributed by atoms with Crippen LogP contribution in [0.3, 0.4) is 0 Å². The molecule has 0 aromatic heterocycles. The van der Waals surface area contributed by atoms with E-state index in [0.29, 0.717) is 6.61 Å². The highest BCUT2D eigenvalue weighted by atomic mass is 32.1. The topological polar surface area (TPSA) is 26.3 Å². The number of ether oxygens (including phenoxy) is 1. The monoisotopic (exact) mass is 134 g/mol. The maximum atomic E-state index is 10.4. The van der Waals surface area contributed by atoms with Gasteiger partial charge in [0, 0.05) is 0 Å². The Morgan fingerprint density at radius 3 is 2.50 bits per heavy atom. The van der Waals surface area contributed by atoms with E-state index in [1.807, 2.05) is 0 Å². The van der Waals surface area contributed by atoms with Crippen LogP contribution in [0.5, 0.6) is 0 Å². The van der Waals surface area contributed by atoms with Gasteiger partial charge in [0.2, 0.25) is 0 Å². The molecule has 8 heavy (non-hydrogen) atoms. The summed E-state index contributed by atoms with van der Waals surface area (Å²) in [5, 5.41) is -0.296. The largest absolute Gasteiger partial charge is 0.465 e. The molecule has 0 radical (unpaired) electrons. The van der Waals surface area contributed by atoms with E-state index < -0.39 is 0 Å². The van der Waals surface area contributed by atoms with Gasteiger partial charge in [0.15, 0.2) is 0 Å². The zero-order valence-electron chi connectivity index (χ0n) is 5.05. The lowest BCUT2D eigenvalue weighted by Gasteiger charge is -2.01. The van der Waals surface area contributed by atoms with E-state index in [9.17, 15) is 4.79 Å². The molecule has 1 atom stereocenters. The lowest BCUT2D eigenvalue weighted by molar-refractivity contribution is -0.142. The second-order valence-corrected chi connectivity index (χ2v) is 2.20. The molecule has 0 amide bonds. The number of esters is 1. The molecule has 0 aromatic carbocycles. The maximum absolute atomic E-state index is 10.4. The molecule has 0 spiro atoms. The zero-order valence-corrected chi connectivity index (χ0v) is 5.94. The van der Waals surface area contributed by atoms with Gasteiger partial charge in [-0.2, -0.15) is 12.6 Å². The smallest absolute Gasteiger partial charge is 0.318 e. The molecular formula is C5H10O2S. The van der Waals surface area contributed by atoms with E-state index in [2.05, 4.69) is 17.4 Å². The van der Waals surface area contributed by atoms with Crippen molar-refractivity contribution in [2.24, 2.45) is 0 Å². The third kappa shape index (κ3) is 2.91. The minimum absolute atomic E-state index is 0.254. The molecule has 0 aliphatic rings. The van der Waals surface area contributed by atoms with Crippen LogP contribution in [0.25, 0.3) is 0 Å². The van der Waals surface area contributed by atoms with Crippen molar-refractivity contribution < 1.29 is 9.53 Å². The van der Waals surface area contributed by atoms with Gasteiger partial charge in [0.25, 0.3) is 0 Å². The van der Waals surface area contributed by atoms with E-state index >= 15 is 0 Å². The van der Waals surface area contributed by atoms with Crippen LogP contribution in [-0.4, -0.2) is 17.8 Å². The van der Waals surface area contributed by atoms with Gasteiger partial charge >= 0.3 is 5.97 Å². The van der Waals surface area contributed by atoms with Crippen molar-refractivity contribution in [1.82, 2.24) is 0 Å². The fourth-order valence-electron chi connectivity index (χ4n) is 0.263. The summed E-state index contributed by atoms with van der Waals surface area (Å²) in [5.41, 5.74) is 0. The Morgan fingerprint density at radius 2 is 2.38 bits per heavy atom. The summed E-state index contributed by atoms with van der Waals surface area (Å²) in [6, 6.07) is 0. The van der Waals surface area contributed by atoms with Crippen molar-refractivity contribution in [3.05, 3.63) is 0 Å². The fourth-order valence-corrected chi connectivity index (χ4v) is 0.337. The normalized spacial score (nSPS) is 12.9. The molecule has 0 rings (SSSR count). The molecule has 48 valence electrons. The van der Waals surface area contributed by atoms with Crippen LogP contribution >= 0.6 is 12.6 Å². The maximum Gasteiger partial charge on any atom is 0.318 e. The molecule has 2 nitrogen and oxygen atoms in total. The summed E-state index contributed by atoms with van der Waals surface area (Å²) >= 11 is 3.85. The highest BCUT2D eigenvalue weighted by molar-refractivity contribution is 7.81. The van der Waals surface area contributed by atoms with Gasteiger partial charge in [-0.1, -0.05) is 0 Å². The Bertz CT molecular complexity index is 80.5. The van der Waals surface area contributed by atoms with Crippen molar-refractivity contribution in [3.8, 4) is 0 Å². The van der Waals surface area contributed by atoms with E-state index in [0.717, 1.165) is 0 Å². The lowest BCUT2D eigenvalue weighted by Crippen LogP contribution is -2.13. The molecule has 3 heteroatoms. The summed E-state index contributed by atoms with van der Waals surface area (Å²) in [4.78, 5) is 10.4. The van der Waals surface area contributed by atoms with Gasteiger partial charge in [0.1, 0.15) is 0 Å². The van der Waals surface area contributed by atoms with Gasteiger partial charge in [-0.3, -0.25) is 4.79 Å². The van der Waals surface area contributed by atoms with Crippen LogP contribution in [0.1, 0.15) is 13.8 Å². The van der Waals surface area contributed by atoms with Crippen LogP contribution in [0, 0.1) is 0 Å². The predicted octanol–water partition coefficient (Wildman–Crippen LogP) is 0.868. The Labute approximate surface area is 54.6 Å². The average Bonchev–Trinajstić information content (AvgIpc) is 1.67. The van der Waals surface area contributed by atoms with Crippen LogP contribution in [-0.2, 0) is 9.53 Å². The number of rotatable bonds is 2. The first kappa shape index (κ1) is 7.82. The molecule has 0 saturated carbocycles. The van der Waals surface area contributed by atoms with Crippen LogP contribution in [0.4, 0.5) is 0 Å². The van der Waals surface area contributed by atoms with E-state index in [1.54, 1.807) is 13.8 Å². The van der Waals surface area contributed by atoms with Crippen molar-refractivity contribution >= 4 is 18.6 Å². The Hall–Kier alpha value is -0.180. The summed E-state index contributed by atoms with van der Waals surface area (Å²) in [6.45, 7) is 3.89. The van der Waals surface area contributed by atoms with Gasteiger partial charge in [-0.15, -0.1) is 0 Å². The van der Waals surface area contributed by atoms with Crippen LogP contribution in [0.15, 0.2) is 0 Å². The molecule has 0 saturated heterocycles. The standard InChI is InChI=1S/C5H10O2S/c1-3-7-5(6)4(2)8/h4,8H,3H2,1-2H3/t4-/m0/s1. The average molecular weight is 134 g/mol. The third-order valence-corrected chi connectivity index (χ3v) is 0.839. The molecule has 0 N–H and O–H groups in total. The minimum Gasteiger partial charge on any atom is -0.465 e. The van der Waals surface area contributed by atoms with E-state index in [-0.39, 0.29) is 11.2 Å². The summed E-state index contributed by atoms with van der Waals surface area (Å²) in [6.07, 6.45) is 0. The second-order valence-electron chi connectivity index (χ2n) is 1.43. The highest BCUT2D eigenvalue weighted by Crippen LogP contribution is 1.94. The van der Waals surface area contributed by atoms with Crippen LogP contribution < -0.4 is 0 Å². The zero-order chi connectivity index (χ0) is 6.57. The van der Waals surface area contributed by atoms with Gasteiger partial charge in [-0.05, 0) is 13.8 Å². The van der Waals surface area contributed by atoms with Crippen molar-refractivity contribution in [2.45, 2.75) is 19.1 Å². The quantitative estimate of drug-likeness (QED) is 0.448. The van der Waals surface area contributed by atoms with Crippen molar-refractivity contribution in [1.29, 1.82) is 0 Å². The third-order valence-electron chi connectivity index (χ3n) is 0.628. The first-order valence-corrected chi connectivity index (χ1v) is 3.04. The second kappa shape index (κ2) is 3.78. The highest BCUT2D eigenvalue weighted by Gasteiger charge is 2.06. The van der Waals surface area contributed by atoms with E-state index in [1.165, 1.54) is 0 Å². The molecule has 0 unspecified atom stereocenters. The number of hydrogen-bond donors (Lipinski definition) is 1. The van der Waals surface area contributed by atoms with Gasteiger partial charge < -0.3 is 4.74 Å². The minimum atomic E-state index is -0.296.